The Labute approximate surface area is 199 Å². The lowest BCUT2D eigenvalue weighted by Crippen LogP contribution is -2.43. The van der Waals surface area contributed by atoms with E-state index in [-0.39, 0.29) is 28.7 Å². The van der Waals surface area contributed by atoms with Crippen molar-refractivity contribution >= 4 is 17.7 Å². The molecular formula is C27H32FNO5. The Morgan fingerprint density at radius 1 is 1.09 bits per heavy atom. The van der Waals surface area contributed by atoms with E-state index in [1.165, 1.54) is 13.2 Å². The molecule has 0 saturated heterocycles. The third-order valence-electron chi connectivity index (χ3n) is 7.26. The molecule has 182 valence electrons. The number of nitrogens with one attached hydrogen (secondary N) is 1. The van der Waals surface area contributed by atoms with Crippen molar-refractivity contribution < 1.29 is 28.2 Å². The monoisotopic (exact) mass is 469 g/mol. The van der Waals surface area contributed by atoms with E-state index in [0.717, 1.165) is 38.5 Å². The molecule has 0 spiro atoms. The summed E-state index contributed by atoms with van der Waals surface area (Å²) in [5.74, 6) is -4.37. The Kier molecular flexibility index (Phi) is 7.19. The zero-order valence-electron chi connectivity index (χ0n) is 20.0. The molecule has 0 radical (unpaired) electrons. The van der Waals surface area contributed by atoms with E-state index >= 15 is 4.39 Å². The summed E-state index contributed by atoms with van der Waals surface area (Å²) in [5.41, 5.74) is 1.85. The van der Waals surface area contributed by atoms with Crippen molar-refractivity contribution in [2.24, 2.45) is 11.8 Å². The molecule has 2 aliphatic carbocycles. The van der Waals surface area contributed by atoms with Gasteiger partial charge in [0.15, 0.2) is 5.78 Å². The molecule has 0 aromatic heterocycles. The molecule has 7 heteroatoms. The van der Waals surface area contributed by atoms with E-state index in [1.54, 1.807) is 25.1 Å². The van der Waals surface area contributed by atoms with Crippen LogP contribution in [0.1, 0.15) is 70.3 Å². The number of allylic oxidation sites excluding steroid dienone is 3. The van der Waals surface area contributed by atoms with Gasteiger partial charge in [0.05, 0.1) is 18.6 Å². The van der Waals surface area contributed by atoms with Gasteiger partial charge in [-0.3, -0.25) is 9.59 Å². The summed E-state index contributed by atoms with van der Waals surface area (Å²) in [4.78, 5) is 39.7. The van der Waals surface area contributed by atoms with Crippen LogP contribution in [0.25, 0.3) is 0 Å². The zero-order chi connectivity index (χ0) is 24.4. The minimum atomic E-state index is -1.00. The van der Waals surface area contributed by atoms with Gasteiger partial charge in [-0.05, 0) is 51.0 Å². The van der Waals surface area contributed by atoms with Crippen molar-refractivity contribution in [2.75, 3.05) is 7.11 Å². The third-order valence-corrected chi connectivity index (χ3v) is 7.26. The number of benzene rings is 1. The third kappa shape index (κ3) is 4.52. The summed E-state index contributed by atoms with van der Waals surface area (Å²) in [6.45, 7) is 3.57. The average Bonchev–Trinajstić information content (AvgIpc) is 3.06. The van der Waals surface area contributed by atoms with Crippen LogP contribution in [0.4, 0.5) is 4.39 Å². The highest BCUT2D eigenvalue weighted by Gasteiger charge is 2.48. The Hall–Kier alpha value is -2.96. The van der Waals surface area contributed by atoms with Crippen LogP contribution in [0.15, 0.2) is 46.8 Å². The van der Waals surface area contributed by atoms with Gasteiger partial charge < -0.3 is 14.8 Å². The van der Waals surface area contributed by atoms with Gasteiger partial charge in [0.2, 0.25) is 0 Å². The molecule has 1 aliphatic heterocycles. The van der Waals surface area contributed by atoms with Crippen LogP contribution in [0.5, 0.6) is 0 Å². The number of carbonyl (C=O) groups excluding carboxylic acids is 3. The normalized spacial score (nSPS) is 25.9. The summed E-state index contributed by atoms with van der Waals surface area (Å²) in [6.07, 6.45) is 6.04. The fourth-order valence-electron chi connectivity index (χ4n) is 5.55. The van der Waals surface area contributed by atoms with Gasteiger partial charge in [0, 0.05) is 22.5 Å². The number of ether oxygens (including phenoxy) is 2. The second-order valence-electron chi connectivity index (χ2n) is 9.58. The number of halogens is 1. The summed E-state index contributed by atoms with van der Waals surface area (Å²) >= 11 is 0. The standard InChI is InChI=1S/C27H32FNO5/c1-15-14-20-24(25(30)21(15)26(31)33-3)23(18-12-8-9-13-19(18)28)22(16(2)29-20)27(32)34-17-10-6-4-5-7-11-17/h8-9,12-13,15,17,21,23,29H,4-7,10-11,14H2,1-3H3/t15-,21-,23-/m0/s1. The van der Waals surface area contributed by atoms with E-state index in [2.05, 4.69) is 5.32 Å². The van der Waals surface area contributed by atoms with Crippen molar-refractivity contribution in [3.63, 3.8) is 0 Å². The van der Waals surface area contributed by atoms with E-state index in [9.17, 15) is 14.4 Å². The second kappa shape index (κ2) is 10.1. The molecule has 3 aliphatic rings. The fraction of sp³-hybridized carbons (Fsp3) is 0.519. The summed E-state index contributed by atoms with van der Waals surface area (Å²) in [5, 5.41) is 3.22. The Balaban J connectivity index is 1.78. The van der Waals surface area contributed by atoms with Crippen LogP contribution < -0.4 is 5.32 Å². The topological polar surface area (TPSA) is 81.7 Å². The number of dihydropyridines is 1. The minimum absolute atomic E-state index is 0.197. The predicted octanol–water partition coefficient (Wildman–Crippen LogP) is 4.70. The molecule has 0 amide bonds. The van der Waals surface area contributed by atoms with Gasteiger partial charge in [0.1, 0.15) is 17.8 Å². The molecule has 1 aromatic rings. The molecule has 1 saturated carbocycles. The predicted molar refractivity (Wildman–Crippen MR) is 124 cm³/mol. The average molecular weight is 470 g/mol. The first-order valence-electron chi connectivity index (χ1n) is 12.1. The van der Waals surface area contributed by atoms with E-state index in [0.29, 0.717) is 17.8 Å². The number of ketones is 1. The highest BCUT2D eigenvalue weighted by Crippen LogP contribution is 2.46. The van der Waals surface area contributed by atoms with Gasteiger partial charge in [0.25, 0.3) is 0 Å². The molecule has 6 nitrogen and oxygen atoms in total. The van der Waals surface area contributed by atoms with Crippen molar-refractivity contribution in [1.82, 2.24) is 5.32 Å². The van der Waals surface area contributed by atoms with Crippen molar-refractivity contribution in [2.45, 2.75) is 70.8 Å². The van der Waals surface area contributed by atoms with Crippen molar-refractivity contribution in [3.8, 4) is 0 Å². The number of hydrogen-bond acceptors (Lipinski definition) is 6. The molecule has 1 fully saturated rings. The fourth-order valence-corrected chi connectivity index (χ4v) is 5.55. The number of hydrogen-bond donors (Lipinski definition) is 1. The SMILES string of the molecule is COC(=O)[C@@H]1C(=O)C2=C(C[C@@H]1C)NC(C)=C(C(=O)OC1CCCCCC1)[C@@H]2c1ccccc1F. The highest BCUT2D eigenvalue weighted by atomic mass is 19.1. The number of carbonyl (C=O) groups is 3. The molecule has 1 heterocycles. The molecule has 1 N–H and O–H groups in total. The van der Waals surface area contributed by atoms with Gasteiger partial charge in [-0.25, -0.2) is 9.18 Å². The molecular weight excluding hydrogens is 437 g/mol. The Morgan fingerprint density at radius 2 is 1.76 bits per heavy atom. The molecule has 3 atom stereocenters. The molecule has 0 unspecified atom stereocenters. The van der Waals surface area contributed by atoms with Crippen LogP contribution in [-0.2, 0) is 23.9 Å². The first-order chi connectivity index (χ1) is 16.3. The van der Waals surface area contributed by atoms with Crippen molar-refractivity contribution in [1.29, 1.82) is 0 Å². The van der Waals surface area contributed by atoms with Crippen LogP contribution in [0.2, 0.25) is 0 Å². The number of Topliss-reactive ketones (excluding diaryl/α,β-unsaturated/α-hetero) is 1. The van der Waals surface area contributed by atoms with Gasteiger partial charge >= 0.3 is 11.9 Å². The maximum atomic E-state index is 15.1. The van der Waals surface area contributed by atoms with Crippen LogP contribution >= 0.6 is 0 Å². The maximum Gasteiger partial charge on any atom is 0.337 e. The van der Waals surface area contributed by atoms with E-state index < -0.39 is 35.4 Å². The quantitative estimate of drug-likeness (QED) is 0.391. The lowest BCUT2D eigenvalue weighted by Gasteiger charge is -2.38. The van der Waals surface area contributed by atoms with E-state index in [1.807, 2.05) is 6.92 Å². The van der Waals surface area contributed by atoms with Gasteiger partial charge in [-0.1, -0.05) is 38.0 Å². The molecule has 1 aromatic carbocycles. The van der Waals surface area contributed by atoms with E-state index in [4.69, 9.17) is 9.47 Å². The maximum absolute atomic E-state index is 15.1. The van der Waals surface area contributed by atoms with Crippen LogP contribution in [0, 0.1) is 17.7 Å². The lowest BCUT2D eigenvalue weighted by molar-refractivity contribution is -0.151. The smallest absolute Gasteiger partial charge is 0.337 e. The molecule has 34 heavy (non-hydrogen) atoms. The first kappa shape index (κ1) is 24.2. The highest BCUT2D eigenvalue weighted by molar-refractivity contribution is 6.12. The number of rotatable bonds is 4. The first-order valence-corrected chi connectivity index (χ1v) is 12.1. The van der Waals surface area contributed by atoms with Gasteiger partial charge in [-0.2, -0.15) is 0 Å². The molecule has 0 bridgehead atoms. The lowest BCUT2D eigenvalue weighted by atomic mass is 9.69. The number of methoxy groups -OCH3 is 1. The van der Waals surface area contributed by atoms with Crippen LogP contribution in [0.3, 0.4) is 0 Å². The van der Waals surface area contributed by atoms with Gasteiger partial charge in [-0.15, -0.1) is 0 Å². The molecule has 4 rings (SSSR count). The Morgan fingerprint density at radius 3 is 2.41 bits per heavy atom. The summed E-state index contributed by atoms with van der Waals surface area (Å²) in [6, 6.07) is 6.14. The largest absolute Gasteiger partial charge is 0.468 e. The zero-order valence-corrected chi connectivity index (χ0v) is 20.0. The minimum Gasteiger partial charge on any atom is -0.468 e. The summed E-state index contributed by atoms with van der Waals surface area (Å²) in [7, 11) is 1.25. The van der Waals surface area contributed by atoms with Crippen LogP contribution in [-0.4, -0.2) is 30.9 Å². The summed E-state index contributed by atoms with van der Waals surface area (Å²) < 4.78 is 25.9. The second-order valence-corrected chi connectivity index (χ2v) is 9.58. The van der Waals surface area contributed by atoms with Crippen molar-refractivity contribution in [3.05, 3.63) is 58.2 Å². The Bertz CT molecular complexity index is 1050. The number of esters is 2.